The number of benzene rings is 1. The number of likely N-dealkylation sites (tertiary alicyclic amines) is 1. The van der Waals surface area contributed by atoms with Gasteiger partial charge in [0, 0.05) is 26.1 Å². The largest absolute Gasteiger partial charge is 0.494 e. The molecular weight excluding hydrogens is 444 g/mol. The molecule has 2 aliphatic rings. The van der Waals surface area contributed by atoms with Gasteiger partial charge in [0.15, 0.2) is 5.82 Å². The Hall–Kier alpha value is -3.12. The smallest absolute Gasteiger partial charge is 0.324 e. The fourth-order valence-electron chi connectivity index (χ4n) is 5.03. The maximum absolute atomic E-state index is 12.7. The highest BCUT2D eigenvalue weighted by Crippen LogP contribution is 2.29. The molecule has 0 saturated carbocycles. The minimum Gasteiger partial charge on any atom is -0.494 e. The molecule has 1 aromatic carbocycles. The van der Waals surface area contributed by atoms with Crippen molar-refractivity contribution in [3.63, 3.8) is 0 Å². The van der Waals surface area contributed by atoms with Gasteiger partial charge < -0.3 is 24.8 Å². The molecule has 0 aliphatic carbocycles. The third-order valence-corrected chi connectivity index (χ3v) is 7.42. The van der Waals surface area contributed by atoms with E-state index < -0.39 is 6.04 Å². The lowest BCUT2D eigenvalue weighted by atomic mass is 9.84. The summed E-state index contributed by atoms with van der Waals surface area (Å²) < 4.78 is 11.4. The van der Waals surface area contributed by atoms with Crippen molar-refractivity contribution in [3.8, 4) is 11.8 Å². The number of carbonyl (C=O) groups is 1. The Morgan fingerprint density at radius 3 is 2.66 bits per heavy atom. The molecule has 35 heavy (non-hydrogen) atoms. The van der Waals surface area contributed by atoms with Gasteiger partial charge in [0.1, 0.15) is 17.8 Å². The quantitative estimate of drug-likeness (QED) is 0.579. The molecule has 9 heteroatoms. The number of piperidine rings is 1. The van der Waals surface area contributed by atoms with E-state index in [1.165, 1.54) is 0 Å². The number of nitrogens with zero attached hydrogens (tertiary/aromatic N) is 5. The Labute approximate surface area is 207 Å². The Morgan fingerprint density at radius 2 is 2.00 bits per heavy atom. The van der Waals surface area contributed by atoms with Crippen LogP contribution in [0.2, 0.25) is 0 Å². The molecule has 9 nitrogen and oxygen atoms in total. The van der Waals surface area contributed by atoms with Crippen molar-refractivity contribution in [1.82, 2.24) is 15.0 Å². The minimum atomic E-state index is -0.760. The lowest BCUT2D eigenvalue weighted by Gasteiger charge is -2.33. The molecule has 2 fully saturated rings. The summed E-state index contributed by atoms with van der Waals surface area (Å²) in [7, 11) is 0. The summed E-state index contributed by atoms with van der Waals surface area (Å²) in [5.41, 5.74) is 6.94. The van der Waals surface area contributed by atoms with Crippen LogP contribution in [0.25, 0.3) is 0 Å². The van der Waals surface area contributed by atoms with E-state index in [2.05, 4.69) is 28.0 Å². The number of carbonyl (C=O) groups excluding carboxylic acids is 1. The van der Waals surface area contributed by atoms with Crippen LogP contribution < -0.4 is 15.4 Å². The van der Waals surface area contributed by atoms with Crippen LogP contribution >= 0.6 is 0 Å². The second-order valence-corrected chi connectivity index (χ2v) is 9.65. The Bertz CT molecular complexity index is 1010. The molecular formula is C26H36N6O3. The van der Waals surface area contributed by atoms with E-state index in [9.17, 15) is 10.1 Å². The molecule has 0 radical (unpaired) electrons. The maximum atomic E-state index is 12.7. The number of hydrogen-bond acceptors (Lipinski definition) is 8. The van der Waals surface area contributed by atoms with E-state index in [0.29, 0.717) is 31.0 Å². The number of nitrogens with two attached hydrogens (primary N) is 1. The molecule has 188 valence electrons. The van der Waals surface area contributed by atoms with E-state index in [-0.39, 0.29) is 11.9 Å². The van der Waals surface area contributed by atoms with Gasteiger partial charge in [0.2, 0.25) is 5.91 Å². The van der Waals surface area contributed by atoms with Gasteiger partial charge in [-0.1, -0.05) is 31.1 Å². The van der Waals surface area contributed by atoms with Gasteiger partial charge in [0.05, 0.1) is 12.7 Å². The van der Waals surface area contributed by atoms with Crippen LogP contribution in [0.4, 0.5) is 6.01 Å². The molecule has 3 heterocycles. The van der Waals surface area contributed by atoms with Crippen molar-refractivity contribution in [2.45, 2.75) is 64.5 Å². The summed E-state index contributed by atoms with van der Waals surface area (Å²) in [6.07, 6.45) is 5.54. The fourth-order valence-corrected chi connectivity index (χ4v) is 5.03. The van der Waals surface area contributed by atoms with Gasteiger partial charge in [-0.3, -0.25) is 4.79 Å². The Balaban J connectivity index is 1.19. The number of hydrogen-bond donors (Lipinski definition) is 1. The lowest BCUT2D eigenvalue weighted by molar-refractivity contribution is -0.132. The Kier molecular flexibility index (Phi) is 8.24. The summed E-state index contributed by atoms with van der Waals surface area (Å²) in [5.74, 6) is 2.55. The molecule has 2 unspecified atom stereocenters. The van der Waals surface area contributed by atoms with Crippen LogP contribution in [0.5, 0.6) is 5.75 Å². The first-order chi connectivity index (χ1) is 17.0. The summed E-state index contributed by atoms with van der Waals surface area (Å²) in [6, 6.07) is 9.14. The number of aryl methyl sites for hydroxylation is 1. The molecule has 2 N–H and O–H groups in total. The minimum absolute atomic E-state index is 0.188. The molecule has 2 aliphatic heterocycles. The topological polar surface area (TPSA) is 122 Å². The van der Waals surface area contributed by atoms with E-state index in [1.54, 1.807) is 4.90 Å². The number of ether oxygens (including phenoxy) is 1. The normalized spacial score (nSPS) is 20.5. The van der Waals surface area contributed by atoms with Gasteiger partial charge in [-0.25, -0.2) is 0 Å². The molecule has 0 spiro atoms. The summed E-state index contributed by atoms with van der Waals surface area (Å²) >= 11 is 0. The second kappa shape index (κ2) is 11.5. The molecule has 2 aromatic rings. The first-order valence-corrected chi connectivity index (χ1v) is 12.8. The van der Waals surface area contributed by atoms with Gasteiger partial charge in [-0.05, 0) is 61.6 Å². The summed E-state index contributed by atoms with van der Waals surface area (Å²) in [6.45, 7) is 7.44. The second-order valence-electron chi connectivity index (χ2n) is 9.65. The highest BCUT2D eigenvalue weighted by Gasteiger charge is 2.32. The first-order valence-electron chi connectivity index (χ1n) is 12.8. The van der Waals surface area contributed by atoms with Crippen LogP contribution in [0.15, 0.2) is 28.8 Å². The average Bonchev–Trinajstić information content (AvgIpc) is 3.58. The number of anilines is 1. The van der Waals surface area contributed by atoms with Gasteiger partial charge in [0.25, 0.3) is 0 Å². The van der Waals surface area contributed by atoms with E-state index in [1.807, 2.05) is 31.2 Å². The lowest BCUT2D eigenvalue weighted by Crippen LogP contribution is -2.40. The fraction of sp³-hybridized carbons (Fsp3) is 0.615. The van der Waals surface area contributed by atoms with Crippen LogP contribution in [0, 0.1) is 23.2 Å². The predicted octanol–water partition coefficient (Wildman–Crippen LogP) is 3.47. The number of rotatable bonds is 9. The number of amides is 1. The Morgan fingerprint density at radius 1 is 1.26 bits per heavy atom. The first kappa shape index (κ1) is 25.0. The predicted molar refractivity (Wildman–Crippen MR) is 132 cm³/mol. The zero-order chi connectivity index (χ0) is 24.8. The van der Waals surface area contributed by atoms with Gasteiger partial charge >= 0.3 is 6.01 Å². The van der Waals surface area contributed by atoms with Crippen molar-refractivity contribution in [2.24, 2.45) is 17.6 Å². The van der Waals surface area contributed by atoms with Gasteiger partial charge in [-0.15, -0.1) is 0 Å². The zero-order valence-electron chi connectivity index (χ0n) is 20.7. The molecule has 4 rings (SSSR count). The molecule has 3 atom stereocenters. The highest BCUT2D eigenvalue weighted by molar-refractivity contribution is 5.84. The monoisotopic (exact) mass is 480 g/mol. The van der Waals surface area contributed by atoms with Crippen molar-refractivity contribution in [2.75, 3.05) is 31.1 Å². The van der Waals surface area contributed by atoms with Crippen LogP contribution in [0.3, 0.4) is 0 Å². The van der Waals surface area contributed by atoms with E-state index in [4.69, 9.17) is 15.0 Å². The summed E-state index contributed by atoms with van der Waals surface area (Å²) in [4.78, 5) is 21.0. The van der Waals surface area contributed by atoms with Crippen molar-refractivity contribution >= 4 is 11.9 Å². The average molecular weight is 481 g/mol. The third kappa shape index (κ3) is 5.93. The number of nitriles is 1. The zero-order valence-corrected chi connectivity index (χ0v) is 20.7. The molecule has 0 bridgehead atoms. The van der Waals surface area contributed by atoms with Crippen molar-refractivity contribution in [1.29, 1.82) is 5.26 Å². The number of aromatic nitrogens is 2. The molecule has 1 amide bonds. The third-order valence-electron chi connectivity index (χ3n) is 7.42. The van der Waals surface area contributed by atoms with Crippen molar-refractivity contribution < 1.29 is 14.1 Å². The highest BCUT2D eigenvalue weighted by atomic mass is 16.5. The summed E-state index contributed by atoms with van der Waals surface area (Å²) in [5, 5.41) is 13.2. The molecule has 2 saturated heterocycles. The van der Waals surface area contributed by atoms with Crippen LogP contribution in [-0.2, 0) is 11.2 Å². The molecule has 1 aromatic heterocycles. The van der Waals surface area contributed by atoms with Crippen LogP contribution in [-0.4, -0.2) is 53.2 Å². The SMILES string of the molecule is CCc1noc(N2CCC([C@H](C)CCOc3ccc(C(N)C(=O)N4CCCC4C#N)cc3)CC2)n1. The maximum Gasteiger partial charge on any atom is 0.324 e. The van der Waals surface area contributed by atoms with E-state index >= 15 is 0 Å². The van der Waals surface area contributed by atoms with Crippen molar-refractivity contribution in [3.05, 3.63) is 35.7 Å². The standard InChI is InChI=1S/C26H36N6O3/c1-3-23-29-26(35-30-23)31-14-10-19(11-15-31)18(2)12-16-34-22-8-6-20(7-9-22)24(28)25(33)32-13-4-5-21(32)17-27/h6-9,18-19,21,24H,3-5,10-16,28H2,1-2H3/t18-,21?,24?/m1/s1. The van der Waals surface area contributed by atoms with Crippen LogP contribution in [0.1, 0.15) is 63.4 Å². The van der Waals surface area contributed by atoms with E-state index in [0.717, 1.165) is 68.8 Å². The van der Waals surface area contributed by atoms with Gasteiger partial charge in [-0.2, -0.15) is 10.2 Å².